The molecule has 2 aromatic rings. The van der Waals surface area contributed by atoms with Gasteiger partial charge in [0.1, 0.15) is 14.5 Å². The Labute approximate surface area is 170 Å². The zero-order chi connectivity index (χ0) is 19.9. The van der Waals surface area contributed by atoms with Crippen molar-refractivity contribution in [3.05, 3.63) is 53.1 Å². The molecule has 1 saturated heterocycles. The summed E-state index contributed by atoms with van der Waals surface area (Å²) in [7, 11) is 2.21. The third-order valence-corrected chi connectivity index (χ3v) is 7.26. The van der Waals surface area contributed by atoms with Crippen molar-refractivity contribution in [2.45, 2.75) is 30.4 Å². The Hall–Kier alpha value is -2.03. The summed E-state index contributed by atoms with van der Waals surface area (Å²) in [5, 5.41) is 0.378. The molecule has 0 bridgehead atoms. The number of sulfonamides is 1. The molecule has 0 unspecified atom stereocenters. The maximum absolute atomic E-state index is 12.9. The topological polar surface area (TPSA) is 66.9 Å². The van der Waals surface area contributed by atoms with Crippen LogP contribution >= 0.6 is 11.6 Å². The minimum absolute atomic E-state index is 0.138. The average Bonchev–Trinajstić information content (AvgIpc) is 2.68. The van der Waals surface area contributed by atoms with Gasteiger partial charge in [0.25, 0.3) is 0 Å². The van der Waals surface area contributed by atoms with Crippen LogP contribution in [0.2, 0.25) is 5.02 Å². The molecule has 1 fully saturated rings. The molecule has 2 heterocycles. The molecule has 0 spiro atoms. The number of hydrogen-bond donors (Lipinski definition) is 0. The van der Waals surface area contributed by atoms with Gasteiger partial charge in [0.2, 0.25) is 10.0 Å². The monoisotopic (exact) mass is 416 g/mol. The standard InChI is InChI=1S/C19H18BClN2O4S/c20-14-4-5-18-13(10-14)12-27-19(24)23(18)16-6-8-22(9-7-16)28(25,26)17-3-1-2-15(21)11-17/h1-5,10-11,16H,6-9,12H2. The fourth-order valence-electron chi connectivity index (χ4n) is 3.73. The fourth-order valence-corrected chi connectivity index (χ4v) is 5.50. The number of amides is 1. The van der Waals surface area contributed by atoms with Crippen molar-refractivity contribution in [3.63, 3.8) is 0 Å². The van der Waals surface area contributed by atoms with E-state index in [9.17, 15) is 13.2 Å². The van der Waals surface area contributed by atoms with Crippen molar-refractivity contribution in [3.8, 4) is 0 Å². The van der Waals surface area contributed by atoms with Crippen LogP contribution in [0.15, 0.2) is 47.4 Å². The lowest BCUT2D eigenvalue weighted by molar-refractivity contribution is 0.136. The van der Waals surface area contributed by atoms with E-state index in [0.717, 1.165) is 11.3 Å². The molecular formula is C19H18BClN2O4S. The van der Waals surface area contributed by atoms with Gasteiger partial charge in [0, 0.05) is 29.7 Å². The van der Waals surface area contributed by atoms with E-state index in [1.165, 1.54) is 16.4 Å². The molecule has 0 saturated carbocycles. The Morgan fingerprint density at radius 3 is 2.57 bits per heavy atom. The molecule has 144 valence electrons. The summed E-state index contributed by atoms with van der Waals surface area (Å²) in [6, 6.07) is 11.5. The average molecular weight is 417 g/mol. The zero-order valence-corrected chi connectivity index (χ0v) is 16.6. The summed E-state index contributed by atoms with van der Waals surface area (Å²) < 4.78 is 32.5. The molecule has 9 heteroatoms. The van der Waals surface area contributed by atoms with Gasteiger partial charge in [-0.15, -0.1) is 0 Å². The number of carbonyl (C=O) groups is 1. The molecule has 2 radical (unpaired) electrons. The zero-order valence-electron chi connectivity index (χ0n) is 15.0. The van der Waals surface area contributed by atoms with E-state index in [1.807, 2.05) is 6.07 Å². The summed E-state index contributed by atoms with van der Waals surface area (Å²) in [4.78, 5) is 14.2. The van der Waals surface area contributed by atoms with E-state index >= 15 is 0 Å². The second-order valence-corrected chi connectivity index (χ2v) is 9.28. The third kappa shape index (κ3) is 3.52. The number of piperidine rings is 1. The van der Waals surface area contributed by atoms with Crippen molar-refractivity contribution in [2.24, 2.45) is 0 Å². The summed E-state index contributed by atoms with van der Waals surface area (Å²) in [6.45, 7) is 0.818. The maximum Gasteiger partial charge on any atom is 0.414 e. The van der Waals surface area contributed by atoms with Gasteiger partial charge in [-0.3, -0.25) is 4.90 Å². The number of fused-ring (bicyclic) bond motifs is 1. The van der Waals surface area contributed by atoms with Gasteiger partial charge in [-0.2, -0.15) is 4.31 Å². The van der Waals surface area contributed by atoms with Crippen LogP contribution in [-0.4, -0.2) is 45.8 Å². The number of hydrogen-bond acceptors (Lipinski definition) is 4. The molecule has 2 aromatic carbocycles. The van der Waals surface area contributed by atoms with E-state index < -0.39 is 16.1 Å². The largest absolute Gasteiger partial charge is 0.444 e. The highest BCUT2D eigenvalue weighted by atomic mass is 35.5. The number of rotatable bonds is 3. The lowest BCUT2D eigenvalue weighted by atomic mass is 9.92. The van der Waals surface area contributed by atoms with Gasteiger partial charge in [-0.25, -0.2) is 13.2 Å². The van der Waals surface area contributed by atoms with E-state index in [4.69, 9.17) is 24.2 Å². The first kappa shape index (κ1) is 19.3. The first-order valence-corrected chi connectivity index (χ1v) is 10.8. The van der Waals surface area contributed by atoms with Crippen LogP contribution in [0.5, 0.6) is 0 Å². The molecule has 28 heavy (non-hydrogen) atoms. The van der Waals surface area contributed by atoms with Crippen LogP contribution in [0.1, 0.15) is 18.4 Å². The molecule has 0 aromatic heterocycles. The van der Waals surface area contributed by atoms with E-state index in [0.29, 0.717) is 36.4 Å². The lowest BCUT2D eigenvalue weighted by Crippen LogP contribution is -2.50. The summed E-state index contributed by atoms with van der Waals surface area (Å²) in [6.07, 6.45) is 0.616. The van der Waals surface area contributed by atoms with E-state index in [2.05, 4.69) is 0 Å². The Kier molecular flexibility index (Phi) is 5.12. The Morgan fingerprint density at radius 2 is 1.86 bits per heavy atom. The summed E-state index contributed by atoms with van der Waals surface area (Å²) >= 11 is 5.94. The second-order valence-electron chi connectivity index (χ2n) is 6.91. The van der Waals surface area contributed by atoms with Gasteiger partial charge >= 0.3 is 6.09 Å². The number of cyclic esters (lactones) is 1. The molecule has 4 rings (SSSR count). The van der Waals surface area contributed by atoms with Crippen molar-refractivity contribution >= 4 is 46.7 Å². The maximum atomic E-state index is 12.9. The first-order chi connectivity index (χ1) is 13.4. The van der Waals surface area contributed by atoms with Crippen LogP contribution in [-0.2, 0) is 21.4 Å². The van der Waals surface area contributed by atoms with Gasteiger partial charge in [0.15, 0.2) is 0 Å². The van der Waals surface area contributed by atoms with Crippen LogP contribution in [0.25, 0.3) is 0 Å². The quantitative estimate of drug-likeness (QED) is 0.721. The Bertz CT molecular complexity index is 1020. The van der Waals surface area contributed by atoms with Crippen molar-refractivity contribution in [1.29, 1.82) is 0 Å². The highest BCUT2D eigenvalue weighted by molar-refractivity contribution is 7.89. The normalized spacial score (nSPS) is 18.6. The fraction of sp³-hybridized carbons (Fsp3) is 0.316. The first-order valence-electron chi connectivity index (χ1n) is 8.96. The van der Waals surface area contributed by atoms with E-state index in [-0.39, 0.29) is 17.5 Å². The third-order valence-electron chi connectivity index (χ3n) is 5.13. The minimum atomic E-state index is -3.62. The molecule has 1 amide bonds. The van der Waals surface area contributed by atoms with Gasteiger partial charge in [-0.05, 0) is 37.1 Å². The van der Waals surface area contributed by atoms with Crippen molar-refractivity contribution < 1.29 is 17.9 Å². The molecule has 0 atom stereocenters. The number of nitrogens with zero attached hydrogens (tertiary/aromatic N) is 2. The SMILES string of the molecule is [B]c1ccc2c(c1)COC(=O)N2C1CCN(S(=O)(=O)c2cccc(Cl)c2)CC1. The molecule has 2 aliphatic heterocycles. The summed E-state index contributed by atoms with van der Waals surface area (Å²) in [5.41, 5.74) is 2.24. The van der Waals surface area contributed by atoms with Crippen molar-refractivity contribution in [2.75, 3.05) is 18.0 Å². The second kappa shape index (κ2) is 7.42. The number of ether oxygens (including phenoxy) is 1. The van der Waals surface area contributed by atoms with Crippen LogP contribution in [0.3, 0.4) is 0 Å². The molecule has 6 nitrogen and oxygen atoms in total. The van der Waals surface area contributed by atoms with E-state index in [1.54, 1.807) is 29.2 Å². The van der Waals surface area contributed by atoms with Crippen LogP contribution in [0, 0.1) is 0 Å². The predicted octanol–water partition coefficient (Wildman–Crippen LogP) is 2.44. The van der Waals surface area contributed by atoms with Crippen molar-refractivity contribution in [1.82, 2.24) is 4.31 Å². The van der Waals surface area contributed by atoms with Gasteiger partial charge in [-0.1, -0.05) is 35.3 Å². The predicted molar refractivity (Wildman–Crippen MR) is 108 cm³/mol. The number of anilines is 1. The molecule has 0 aliphatic carbocycles. The number of benzene rings is 2. The number of halogens is 1. The molecular weight excluding hydrogens is 399 g/mol. The van der Waals surface area contributed by atoms with Crippen LogP contribution < -0.4 is 10.4 Å². The number of carbonyl (C=O) groups excluding carboxylic acids is 1. The smallest absolute Gasteiger partial charge is 0.414 e. The van der Waals surface area contributed by atoms with Gasteiger partial charge < -0.3 is 4.74 Å². The van der Waals surface area contributed by atoms with Gasteiger partial charge in [0.05, 0.1) is 10.6 Å². The molecule has 2 aliphatic rings. The Balaban J connectivity index is 1.53. The highest BCUT2D eigenvalue weighted by Crippen LogP contribution is 2.32. The Morgan fingerprint density at radius 1 is 1.11 bits per heavy atom. The lowest BCUT2D eigenvalue weighted by Gasteiger charge is -2.39. The summed E-state index contributed by atoms with van der Waals surface area (Å²) in [5.74, 6) is 0. The highest BCUT2D eigenvalue weighted by Gasteiger charge is 2.37. The molecule has 0 N–H and O–H groups in total. The minimum Gasteiger partial charge on any atom is -0.444 e. The van der Waals surface area contributed by atoms with Crippen LogP contribution in [0.4, 0.5) is 10.5 Å².